The number of para-hydroxylation sites is 1. The molecule has 2 aromatic carbocycles. The molecule has 8 heteroatoms. The van der Waals surface area contributed by atoms with E-state index in [1.807, 2.05) is 6.92 Å². The second-order valence-electron chi connectivity index (χ2n) is 7.09. The van der Waals surface area contributed by atoms with Crippen molar-refractivity contribution in [3.63, 3.8) is 0 Å². The molecule has 3 rings (SSSR count). The van der Waals surface area contributed by atoms with Crippen LogP contribution in [0.3, 0.4) is 0 Å². The van der Waals surface area contributed by atoms with Gasteiger partial charge in [0.15, 0.2) is 0 Å². The molecule has 1 fully saturated rings. The van der Waals surface area contributed by atoms with Gasteiger partial charge < -0.3 is 29.5 Å². The first kappa shape index (κ1) is 22.7. The molecule has 0 aromatic heterocycles. The van der Waals surface area contributed by atoms with E-state index in [0.29, 0.717) is 42.3 Å². The van der Waals surface area contributed by atoms with Gasteiger partial charge in [0.1, 0.15) is 18.5 Å². The van der Waals surface area contributed by atoms with E-state index in [1.54, 1.807) is 53.4 Å². The molecule has 0 spiro atoms. The number of nitrogens with one attached hydrogen (secondary N) is 1. The first-order chi connectivity index (χ1) is 15.0. The molecule has 1 aliphatic rings. The Morgan fingerprint density at radius 2 is 2.00 bits per heavy atom. The number of nitrogens with zero attached hydrogens (tertiary/aromatic N) is 1. The van der Waals surface area contributed by atoms with Crippen LogP contribution in [0, 0.1) is 0 Å². The first-order valence-electron chi connectivity index (χ1n) is 10.2. The molecule has 2 unspecified atom stereocenters. The number of anilines is 1. The molecule has 2 aromatic rings. The minimum Gasteiger partial charge on any atom is -0.496 e. The minimum atomic E-state index is -0.926. The van der Waals surface area contributed by atoms with Crippen molar-refractivity contribution < 1.29 is 28.9 Å². The number of rotatable bonds is 9. The summed E-state index contributed by atoms with van der Waals surface area (Å²) in [6.07, 6.45) is -0.926. The lowest BCUT2D eigenvalue weighted by atomic mass is 10.00. The smallest absolute Gasteiger partial charge is 0.259 e. The monoisotopic (exact) mass is 428 g/mol. The number of ether oxygens (including phenoxy) is 3. The molecule has 2 N–H and O–H groups in total. The molecule has 31 heavy (non-hydrogen) atoms. The van der Waals surface area contributed by atoms with E-state index < -0.39 is 12.1 Å². The molecule has 2 amide bonds. The summed E-state index contributed by atoms with van der Waals surface area (Å²) >= 11 is 0. The number of aliphatic hydroxyl groups excluding tert-OH is 1. The second kappa shape index (κ2) is 10.9. The van der Waals surface area contributed by atoms with Gasteiger partial charge in [-0.1, -0.05) is 24.3 Å². The van der Waals surface area contributed by atoms with Crippen LogP contribution in [0.1, 0.15) is 28.9 Å². The summed E-state index contributed by atoms with van der Waals surface area (Å²) in [5.74, 6) is 0.0240. The number of amides is 2. The normalized spacial score (nSPS) is 17.3. The van der Waals surface area contributed by atoms with Crippen LogP contribution in [0.5, 0.6) is 5.75 Å². The SMILES string of the molecule is CCOCCN1C(=O)COCC1C(O)c1ccc(NC(=O)c2ccccc2OC)cc1. The van der Waals surface area contributed by atoms with Gasteiger partial charge in [-0.15, -0.1) is 0 Å². The molecular weight excluding hydrogens is 400 g/mol. The van der Waals surface area contributed by atoms with Crippen molar-refractivity contribution in [3.05, 3.63) is 59.7 Å². The number of hydrogen-bond acceptors (Lipinski definition) is 6. The molecule has 0 radical (unpaired) electrons. The lowest BCUT2D eigenvalue weighted by molar-refractivity contribution is -0.155. The first-order valence-corrected chi connectivity index (χ1v) is 10.2. The lowest BCUT2D eigenvalue weighted by Gasteiger charge is -2.38. The van der Waals surface area contributed by atoms with Gasteiger partial charge in [0.2, 0.25) is 5.91 Å². The Hall–Kier alpha value is -2.94. The molecule has 0 bridgehead atoms. The van der Waals surface area contributed by atoms with E-state index in [4.69, 9.17) is 14.2 Å². The number of aliphatic hydroxyl groups is 1. The molecule has 1 heterocycles. The molecular formula is C23H28N2O6. The van der Waals surface area contributed by atoms with Crippen molar-refractivity contribution in [2.24, 2.45) is 0 Å². The largest absolute Gasteiger partial charge is 0.496 e. The zero-order valence-corrected chi connectivity index (χ0v) is 17.7. The van der Waals surface area contributed by atoms with Gasteiger partial charge >= 0.3 is 0 Å². The van der Waals surface area contributed by atoms with Gasteiger partial charge in [0, 0.05) is 18.8 Å². The summed E-state index contributed by atoms with van der Waals surface area (Å²) in [7, 11) is 1.51. The summed E-state index contributed by atoms with van der Waals surface area (Å²) in [5, 5.41) is 13.7. The van der Waals surface area contributed by atoms with Gasteiger partial charge in [0.25, 0.3) is 5.91 Å². The highest BCUT2D eigenvalue weighted by Gasteiger charge is 2.34. The van der Waals surface area contributed by atoms with E-state index in [2.05, 4.69) is 5.32 Å². The standard InChI is InChI=1S/C23H28N2O6/c1-3-30-13-12-25-19(14-31-15-21(25)26)22(27)16-8-10-17(11-9-16)24-23(28)18-6-4-5-7-20(18)29-2/h4-11,19,22,27H,3,12-15H2,1-2H3,(H,24,28). The minimum absolute atomic E-state index is 0.00324. The van der Waals surface area contributed by atoms with E-state index in [1.165, 1.54) is 7.11 Å². The number of carbonyl (C=O) groups is 2. The Kier molecular flexibility index (Phi) is 8.00. The highest BCUT2D eigenvalue weighted by molar-refractivity contribution is 6.06. The predicted octanol–water partition coefficient (Wildman–Crippen LogP) is 2.24. The zero-order valence-electron chi connectivity index (χ0n) is 17.7. The molecule has 8 nitrogen and oxygen atoms in total. The Labute approximate surface area is 181 Å². The quantitative estimate of drug-likeness (QED) is 0.595. The van der Waals surface area contributed by atoms with Gasteiger partial charge in [0.05, 0.1) is 31.9 Å². The van der Waals surface area contributed by atoms with E-state index in [0.717, 1.165) is 0 Å². The third kappa shape index (κ3) is 5.61. The van der Waals surface area contributed by atoms with Crippen molar-refractivity contribution >= 4 is 17.5 Å². The molecule has 0 aliphatic carbocycles. The summed E-state index contributed by atoms with van der Waals surface area (Å²) in [6.45, 7) is 3.49. The van der Waals surface area contributed by atoms with Crippen LogP contribution in [-0.4, -0.2) is 67.9 Å². The summed E-state index contributed by atoms with van der Waals surface area (Å²) in [6, 6.07) is 13.3. The topological polar surface area (TPSA) is 97.3 Å². The average molecular weight is 428 g/mol. The molecule has 1 aliphatic heterocycles. The summed E-state index contributed by atoms with van der Waals surface area (Å²) < 4.78 is 15.9. The second-order valence-corrected chi connectivity index (χ2v) is 7.09. The number of methoxy groups -OCH3 is 1. The summed E-state index contributed by atoms with van der Waals surface area (Å²) in [5.41, 5.74) is 1.63. The van der Waals surface area contributed by atoms with Crippen molar-refractivity contribution in [3.8, 4) is 5.75 Å². The van der Waals surface area contributed by atoms with Crippen LogP contribution in [0.4, 0.5) is 5.69 Å². The number of morpholine rings is 1. The maximum absolute atomic E-state index is 12.6. The number of benzene rings is 2. The van der Waals surface area contributed by atoms with E-state index in [-0.39, 0.29) is 25.0 Å². The highest BCUT2D eigenvalue weighted by Crippen LogP contribution is 2.26. The Bertz CT molecular complexity index is 886. The molecule has 0 saturated carbocycles. The zero-order chi connectivity index (χ0) is 22.2. The Morgan fingerprint density at radius 1 is 1.26 bits per heavy atom. The van der Waals surface area contributed by atoms with Gasteiger partial charge in [-0.25, -0.2) is 0 Å². The average Bonchev–Trinajstić information content (AvgIpc) is 2.80. The van der Waals surface area contributed by atoms with E-state index in [9.17, 15) is 14.7 Å². The fraction of sp³-hybridized carbons (Fsp3) is 0.391. The van der Waals surface area contributed by atoms with Crippen LogP contribution in [-0.2, 0) is 14.3 Å². The van der Waals surface area contributed by atoms with E-state index >= 15 is 0 Å². The van der Waals surface area contributed by atoms with Gasteiger partial charge in [-0.05, 0) is 36.8 Å². The molecule has 1 saturated heterocycles. The van der Waals surface area contributed by atoms with Crippen LogP contribution >= 0.6 is 0 Å². The molecule has 2 atom stereocenters. The lowest BCUT2D eigenvalue weighted by Crippen LogP contribution is -2.53. The van der Waals surface area contributed by atoms with Crippen LogP contribution in [0.15, 0.2) is 48.5 Å². The molecule has 166 valence electrons. The summed E-state index contributed by atoms with van der Waals surface area (Å²) in [4.78, 5) is 26.4. The third-order valence-electron chi connectivity index (χ3n) is 5.14. The fourth-order valence-electron chi connectivity index (χ4n) is 3.50. The maximum atomic E-state index is 12.6. The third-order valence-corrected chi connectivity index (χ3v) is 5.14. The van der Waals surface area contributed by atoms with Crippen molar-refractivity contribution in [1.82, 2.24) is 4.90 Å². The van der Waals surface area contributed by atoms with Crippen molar-refractivity contribution in [2.75, 3.05) is 45.4 Å². The Morgan fingerprint density at radius 3 is 2.71 bits per heavy atom. The maximum Gasteiger partial charge on any atom is 0.259 e. The van der Waals surface area contributed by atoms with Crippen LogP contribution < -0.4 is 10.1 Å². The number of hydrogen-bond donors (Lipinski definition) is 2. The highest BCUT2D eigenvalue weighted by atomic mass is 16.5. The fourth-order valence-corrected chi connectivity index (χ4v) is 3.50. The van der Waals surface area contributed by atoms with Crippen LogP contribution in [0.2, 0.25) is 0 Å². The van der Waals surface area contributed by atoms with Crippen molar-refractivity contribution in [2.45, 2.75) is 19.1 Å². The van der Waals surface area contributed by atoms with Crippen molar-refractivity contribution in [1.29, 1.82) is 0 Å². The van der Waals surface area contributed by atoms with Gasteiger partial charge in [-0.2, -0.15) is 0 Å². The predicted molar refractivity (Wildman–Crippen MR) is 115 cm³/mol. The number of carbonyl (C=O) groups excluding carboxylic acids is 2. The van der Waals surface area contributed by atoms with Gasteiger partial charge in [-0.3, -0.25) is 9.59 Å². The Balaban J connectivity index is 1.68. The van der Waals surface area contributed by atoms with Crippen LogP contribution in [0.25, 0.3) is 0 Å².